The number of nitrogens with zero attached hydrogens (tertiary/aromatic N) is 1. The van der Waals surface area contributed by atoms with E-state index in [4.69, 9.17) is 21.2 Å². The number of benzene rings is 1. The minimum Gasteiger partial charge on any atom is -0.440 e. The zero-order valence-electron chi connectivity index (χ0n) is 12.0. The van der Waals surface area contributed by atoms with Gasteiger partial charge in [0, 0.05) is 7.05 Å². The van der Waals surface area contributed by atoms with Crippen LogP contribution in [0.5, 0.6) is 0 Å². The Bertz CT molecular complexity index is 783. The molecule has 0 spiro atoms. The highest BCUT2D eigenvalue weighted by Gasteiger charge is 2.22. The molecule has 0 fully saturated rings. The van der Waals surface area contributed by atoms with Gasteiger partial charge < -0.3 is 9.32 Å². The molecule has 1 amide bonds. The van der Waals surface area contributed by atoms with Crippen molar-refractivity contribution in [2.75, 3.05) is 7.05 Å². The number of nitrogens with two attached hydrogens (primary N) is 1. The lowest BCUT2D eigenvalue weighted by molar-refractivity contribution is 0.0710. The van der Waals surface area contributed by atoms with Gasteiger partial charge in [0.1, 0.15) is 0 Å². The van der Waals surface area contributed by atoms with Crippen LogP contribution < -0.4 is 5.14 Å². The van der Waals surface area contributed by atoms with Crippen molar-refractivity contribution in [3.05, 3.63) is 52.9 Å². The molecule has 6 nitrogen and oxygen atoms in total. The quantitative estimate of drug-likeness (QED) is 0.923. The third kappa shape index (κ3) is 3.49. The number of rotatable bonds is 4. The number of amides is 1. The average molecular weight is 343 g/mol. The highest BCUT2D eigenvalue weighted by atomic mass is 35.5. The van der Waals surface area contributed by atoms with Gasteiger partial charge >= 0.3 is 0 Å². The summed E-state index contributed by atoms with van der Waals surface area (Å²) >= 11 is 5.66. The Morgan fingerprint density at radius 3 is 2.27 bits per heavy atom. The lowest BCUT2D eigenvalue weighted by atomic mass is 10.1. The van der Waals surface area contributed by atoms with Crippen molar-refractivity contribution >= 4 is 27.5 Å². The summed E-state index contributed by atoms with van der Waals surface area (Å²) in [5.41, 5.74) is 0.765. The maximum absolute atomic E-state index is 12.3. The van der Waals surface area contributed by atoms with E-state index >= 15 is 0 Å². The van der Waals surface area contributed by atoms with Crippen LogP contribution in [0.1, 0.15) is 29.1 Å². The molecule has 118 valence electrons. The number of sulfonamides is 1. The van der Waals surface area contributed by atoms with Gasteiger partial charge in [-0.2, -0.15) is 0 Å². The Balaban J connectivity index is 2.20. The fraction of sp³-hybridized carbons (Fsp3) is 0.214. The van der Waals surface area contributed by atoms with Crippen LogP contribution in [0, 0.1) is 0 Å². The molecule has 1 aromatic heterocycles. The Morgan fingerprint density at radius 1 is 1.23 bits per heavy atom. The van der Waals surface area contributed by atoms with Gasteiger partial charge in [0.05, 0.1) is 10.9 Å². The minimum atomic E-state index is -3.73. The molecule has 1 atom stereocenters. The first kappa shape index (κ1) is 16.5. The van der Waals surface area contributed by atoms with Crippen LogP contribution in [0.2, 0.25) is 5.22 Å². The highest BCUT2D eigenvalue weighted by Crippen LogP contribution is 2.23. The molecule has 0 saturated heterocycles. The summed E-state index contributed by atoms with van der Waals surface area (Å²) in [5, 5.41) is 5.19. The van der Waals surface area contributed by atoms with E-state index in [1.807, 2.05) is 6.92 Å². The monoisotopic (exact) mass is 342 g/mol. The summed E-state index contributed by atoms with van der Waals surface area (Å²) in [6.45, 7) is 1.81. The summed E-state index contributed by atoms with van der Waals surface area (Å²) in [6.07, 6.45) is 0. The summed E-state index contributed by atoms with van der Waals surface area (Å²) in [4.78, 5) is 13.8. The predicted molar refractivity (Wildman–Crippen MR) is 82.0 cm³/mol. The molecule has 0 aliphatic rings. The molecule has 0 unspecified atom stereocenters. The van der Waals surface area contributed by atoms with Crippen molar-refractivity contribution < 1.29 is 17.6 Å². The third-order valence-corrected chi connectivity index (χ3v) is 4.51. The smallest absolute Gasteiger partial charge is 0.289 e. The molecule has 1 aromatic carbocycles. The molecule has 22 heavy (non-hydrogen) atoms. The van der Waals surface area contributed by atoms with Crippen LogP contribution in [0.4, 0.5) is 0 Å². The van der Waals surface area contributed by atoms with Crippen molar-refractivity contribution in [2.24, 2.45) is 5.14 Å². The molecule has 2 N–H and O–H groups in total. The van der Waals surface area contributed by atoms with E-state index in [0.29, 0.717) is 0 Å². The van der Waals surface area contributed by atoms with Crippen LogP contribution in [0.25, 0.3) is 0 Å². The SMILES string of the molecule is C[C@@H](c1ccc(S(N)(=O)=O)cc1)N(C)C(=O)c1ccc(Cl)o1. The lowest BCUT2D eigenvalue weighted by Gasteiger charge is -2.24. The fourth-order valence-corrected chi connectivity index (χ4v) is 2.60. The van der Waals surface area contributed by atoms with E-state index in [-0.39, 0.29) is 27.8 Å². The number of carbonyl (C=O) groups is 1. The first-order valence-corrected chi connectivity index (χ1v) is 8.28. The van der Waals surface area contributed by atoms with E-state index in [0.717, 1.165) is 5.56 Å². The Hall–Kier alpha value is -1.83. The first-order chi connectivity index (χ1) is 10.2. The van der Waals surface area contributed by atoms with Crippen LogP contribution in [0.15, 0.2) is 45.7 Å². The summed E-state index contributed by atoms with van der Waals surface area (Å²) in [5.74, 6) is -0.185. The zero-order valence-corrected chi connectivity index (χ0v) is 13.6. The molecular weight excluding hydrogens is 328 g/mol. The van der Waals surface area contributed by atoms with Gasteiger partial charge in [0.15, 0.2) is 11.0 Å². The molecule has 2 aromatic rings. The van der Waals surface area contributed by atoms with Crippen molar-refractivity contribution in [1.82, 2.24) is 4.90 Å². The van der Waals surface area contributed by atoms with Crippen LogP contribution in [0.3, 0.4) is 0 Å². The van der Waals surface area contributed by atoms with Gasteiger partial charge in [0.25, 0.3) is 5.91 Å². The second kappa shape index (κ2) is 6.12. The Morgan fingerprint density at radius 2 is 1.82 bits per heavy atom. The van der Waals surface area contributed by atoms with Gasteiger partial charge in [-0.15, -0.1) is 0 Å². The molecule has 0 bridgehead atoms. The van der Waals surface area contributed by atoms with E-state index in [1.54, 1.807) is 19.2 Å². The van der Waals surface area contributed by atoms with E-state index in [9.17, 15) is 13.2 Å². The number of halogens is 1. The molecule has 1 heterocycles. The van der Waals surface area contributed by atoms with Crippen LogP contribution in [-0.2, 0) is 10.0 Å². The standard InChI is InChI=1S/C14H15ClN2O4S/c1-9(10-3-5-11(6-4-10)22(16,19)20)17(2)14(18)12-7-8-13(15)21-12/h3-9H,1-2H3,(H2,16,19,20)/t9-/m0/s1. The lowest BCUT2D eigenvalue weighted by Crippen LogP contribution is -2.29. The van der Waals surface area contributed by atoms with Crippen molar-refractivity contribution in [2.45, 2.75) is 17.9 Å². The van der Waals surface area contributed by atoms with Crippen molar-refractivity contribution in [3.8, 4) is 0 Å². The summed E-state index contributed by atoms with van der Waals surface area (Å²) in [7, 11) is -2.11. The molecule has 0 aliphatic heterocycles. The van der Waals surface area contributed by atoms with Crippen molar-refractivity contribution in [1.29, 1.82) is 0 Å². The molecule has 8 heteroatoms. The second-order valence-electron chi connectivity index (χ2n) is 4.81. The van der Waals surface area contributed by atoms with Gasteiger partial charge in [0.2, 0.25) is 10.0 Å². The maximum Gasteiger partial charge on any atom is 0.289 e. The highest BCUT2D eigenvalue weighted by molar-refractivity contribution is 7.89. The summed E-state index contributed by atoms with van der Waals surface area (Å²) < 4.78 is 27.6. The Labute approximate surface area is 133 Å². The van der Waals surface area contributed by atoms with Gasteiger partial charge in [-0.1, -0.05) is 12.1 Å². The number of hydrogen-bond donors (Lipinski definition) is 1. The second-order valence-corrected chi connectivity index (χ2v) is 6.74. The fourth-order valence-electron chi connectivity index (χ4n) is 1.94. The number of hydrogen-bond acceptors (Lipinski definition) is 4. The molecule has 0 saturated carbocycles. The predicted octanol–water partition coefficient (Wildman–Crippen LogP) is 2.41. The molecular formula is C14H15ClN2O4S. The number of furan rings is 1. The Kier molecular flexibility index (Phi) is 4.60. The molecule has 0 aliphatic carbocycles. The summed E-state index contributed by atoms with van der Waals surface area (Å²) in [6, 6.07) is 8.75. The maximum atomic E-state index is 12.3. The normalized spacial score (nSPS) is 12.9. The topological polar surface area (TPSA) is 93.6 Å². The minimum absolute atomic E-state index is 0.0234. The van der Waals surface area contributed by atoms with E-state index in [2.05, 4.69) is 0 Å². The largest absolute Gasteiger partial charge is 0.440 e. The first-order valence-electron chi connectivity index (χ1n) is 6.35. The van der Waals surface area contributed by atoms with Gasteiger partial charge in [-0.25, -0.2) is 13.6 Å². The average Bonchev–Trinajstić information content (AvgIpc) is 2.90. The van der Waals surface area contributed by atoms with E-state index in [1.165, 1.54) is 29.2 Å². The number of primary sulfonamides is 1. The van der Waals surface area contributed by atoms with Crippen LogP contribution >= 0.6 is 11.6 Å². The van der Waals surface area contributed by atoms with Gasteiger partial charge in [-0.05, 0) is 48.4 Å². The molecule has 0 radical (unpaired) electrons. The van der Waals surface area contributed by atoms with E-state index < -0.39 is 10.0 Å². The van der Waals surface area contributed by atoms with Crippen molar-refractivity contribution in [3.63, 3.8) is 0 Å². The third-order valence-electron chi connectivity index (χ3n) is 3.38. The number of carbonyl (C=O) groups excluding carboxylic acids is 1. The van der Waals surface area contributed by atoms with Gasteiger partial charge in [-0.3, -0.25) is 4.79 Å². The van der Waals surface area contributed by atoms with Crippen LogP contribution in [-0.4, -0.2) is 26.3 Å². The molecule has 2 rings (SSSR count). The zero-order chi connectivity index (χ0) is 16.5.